The average molecular weight is 390 g/mol. The molecule has 1 aliphatic heterocycles. The second-order valence-corrected chi connectivity index (χ2v) is 6.56. The quantitative estimate of drug-likeness (QED) is 0.840. The summed E-state index contributed by atoms with van der Waals surface area (Å²) in [6, 6.07) is 3.53. The lowest BCUT2D eigenvalue weighted by atomic mass is 9.94. The van der Waals surface area contributed by atoms with Crippen molar-refractivity contribution in [3.8, 4) is 5.75 Å². The van der Waals surface area contributed by atoms with Gasteiger partial charge in [-0.25, -0.2) is 9.78 Å². The molecule has 1 amide bonds. The van der Waals surface area contributed by atoms with E-state index in [1.165, 1.54) is 11.3 Å². The maximum atomic E-state index is 10.8. The number of carboxylic acid groups (broad SMARTS) is 1. The normalized spacial score (nSPS) is 19.9. The van der Waals surface area contributed by atoms with Crippen LogP contribution < -0.4 is 10.1 Å². The number of benzene rings is 1. The summed E-state index contributed by atoms with van der Waals surface area (Å²) in [6.07, 6.45) is -0.603. The molecular formula is C13H10BrClN2O3S. The topological polar surface area (TPSA) is 71.5 Å². The van der Waals surface area contributed by atoms with Gasteiger partial charge in [-0.3, -0.25) is 0 Å². The molecule has 2 aromatic rings. The van der Waals surface area contributed by atoms with E-state index in [-0.39, 0.29) is 6.54 Å². The van der Waals surface area contributed by atoms with Gasteiger partial charge in [-0.15, -0.1) is 11.3 Å². The van der Waals surface area contributed by atoms with Crippen LogP contribution in [0.3, 0.4) is 0 Å². The molecule has 1 aromatic carbocycles. The molecule has 0 saturated carbocycles. The van der Waals surface area contributed by atoms with Crippen molar-refractivity contribution in [2.45, 2.75) is 12.0 Å². The third-order valence-corrected chi connectivity index (χ3v) is 5.38. The molecule has 8 heteroatoms. The van der Waals surface area contributed by atoms with Gasteiger partial charge in [0.2, 0.25) is 0 Å². The van der Waals surface area contributed by atoms with Gasteiger partial charge in [-0.05, 0) is 28.1 Å². The summed E-state index contributed by atoms with van der Waals surface area (Å²) in [6.45, 7) is 0.116. The highest BCUT2D eigenvalue weighted by Crippen LogP contribution is 2.46. The summed E-state index contributed by atoms with van der Waals surface area (Å²) in [5.41, 5.74) is 2.49. The Morgan fingerprint density at radius 1 is 1.62 bits per heavy atom. The van der Waals surface area contributed by atoms with Gasteiger partial charge in [0.15, 0.2) is 5.60 Å². The average Bonchev–Trinajstić information content (AvgIpc) is 3.09. The minimum atomic E-state index is -1.10. The molecule has 1 aromatic heterocycles. The van der Waals surface area contributed by atoms with Crippen molar-refractivity contribution in [3.05, 3.63) is 43.8 Å². The predicted octanol–water partition coefficient (Wildman–Crippen LogP) is 3.66. The number of aromatic nitrogens is 1. The molecule has 0 bridgehead atoms. The van der Waals surface area contributed by atoms with E-state index >= 15 is 0 Å². The Hall–Kier alpha value is -1.31. The van der Waals surface area contributed by atoms with E-state index in [0.29, 0.717) is 22.9 Å². The number of hydrogen-bond donors (Lipinski definition) is 2. The zero-order valence-corrected chi connectivity index (χ0v) is 13.8. The first kappa shape index (κ1) is 14.6. The predicted molar refractivity (Wildman–Crippen MR) is 83.3 cm³/mol. The zero-order valence-electron chi connectivity index (χ0n) is 10.6. The number of fused-ring (bicyclic) bond motifs is 1. The molecule has 0 spiro atoms. The monoisotopic (exact) mass is 388 g/mol. The van der Waals surface area contributed by atoms with Crippen LogP contribution in [-0.4, -0.2) is 22.7 Å². The molecule has 0 aliphatic carbocycles. The minimum Gasteiger partial charge on any atom is -0.478 e. The maximum Gasteiger partial charge on any atom is 0.404 e. The third-order valence-electron chi connectivity index (χ3n) is 3.35. The summed E-state index contributed by atoms with van der Waals surface area (Å²) < 4.78 is 6.83. The van der Waals surface area contributed by atoms with E-state index in [0.717, 1.165) is 10.0 Å². The molecule has 3 rings (SSSR count). The first-order valence-electron chi connectivity index (χ1n) is 6.03. The molecule has 2 N–H and O–H groups in total. The van der Waals surface area contributed by atoms with Gasteiger partial charge in [0.05, 0.1) is 22.8 Å². The second kappa shape index (κ2) is 5.47. The lowest BCUT2D eigenvalue weighted by Gasteiger charge is -2.26. The Balaban J connectivity index is 2.00. The van der Waals surface area contributed by atoms with Crippen molar-refractivity contribution in [2.24, 2.45) is 0 Å². The van der Waals surface area contributed by atoms with Gasteiger partial charge in [-0.1, -0.05) is 11.6 Å². The number of halogens is 2. The molecule has 1 unspecified atom stereocenters. The Labute approximate surface area is 138 Å². The van der Waals surface area contributed by atoms with Gasteiger partial charge in [0.25, 0.3) is 0 Å². The van der Waals surface area contributed by atoms with Crippen LogP contribution in [0.25, 0.3) is 0 Å². The van der Waals surface area contributed by atoms with Gasteiger partial charge in [0.1, 0.15) is 5.75 Å². The lowest BCUT2D eigenvalue weighted by molar-refractivity contribution is 0.0860. The number of carbonyl (C=O) groups is 1. The standard InChI is InChI=1S/C13H10BrClN2O3S/c14-11-7-3-13(5-16-12(18)19,10-4-21-6-17-10)20-9(7)2-1-8(11)15/h1-2,4,6,16H,3,5H2,(H,18,19). The Morgan fingerprint density at radius 3 is 3.10 bits per heavy atom. The van der Waals surface area contributed by atoms with E-state index in [4.69, 9.17) is 21.4 Å². The first-order chi connectivity index (χ1) is 10.0. The zero-order chi connectivity index (χ0) is 15.0. The molecule has 1 aliphatic rings. The van der Waals surface area contributed by atoms with Crippen LogP contribution in [-0.2, 0) is 12.0 Å². The Morgan fingerprint density at radius 2 is 2.43 bits per heavy atom. The summed E-state index contributed by atoms with van der Waals surface area (Å²) in [4.78, 5) is 15.1. The SMILES string of the molecule is O=C(O)NCC1(c2cscn2)Cc2c(ccc(Cl)c2Br)O1. The van der Waals surface area contributed by atoms with Crippen molar-refractivity contribution in [2.75, 3.05) is 6.54 Å². The van der Waals surface area contributed by atoms with Crippen LogP contribution in [0.1, 0.15) is 11.3 Å². The third kappa shape index (κ3) is 2.61. The summed E-state index contributed by atoms with van der Waals surface area (Å²) in [5, 5.41) is 13.7. The summed E-state index contributed by atoms with van der Waals surface area (Å²) in [7, 11) is 0. The van der Waals surface area contributed by atoms with Crippen LogP contribution in [0.15, 0.2) is 27.5 Å². The van der Waals surface area contributed by atoms with Crippen molar-refractivity contribution >= 4 is 45.0 Å². The molecule has 1 atom stereocenters. The second-order valence-electron chi connectivity index (χ2n) is 4.64. The fourth-order valence-corrected chi connectivity index (χ4v) is 3.64. The molecule has 21 heavy (non-hydrogen) atoms. The van der Waals surface area contributed by atoms with Crippen molar-refractivity contribution in [1.29, 1.82) is 0 Å². The van der Waals surface area contributed by atoms with Crippen molar-refractivity contribution in [3.63, 3.8) is 0 Å². The molecule has 110 valence electrons. The fraction of sp³-hybridized carbons (Fsp3) is 0.231. The van der Waals surface area contributed by atoms with E-state index in [1.54, 1.807) is 17.6 Å². The molecule has 5 nitrogen and oxygen atoms in total. The molecule has 2 heterocycles. The largest absolute Gasteiger partial charge is 0.478 e. The molecule has 0 radical (unpaired) electrons. The summed E-state index contributed by atoms with van der Waals surface area (Å²) >= 11 is 11.0. The highest BCUT2D eigenvalue weighted by Gasteiger charge is 2.44. The van der Waals surface area contributed by atoms with Crippen LogP contribution in [0.4, 0.5) is 4.79 Å². The Bertz CT molecular complexity index is 695. The number of amides is 1. The Kier molecular flexibility index (Phi) is 3.81. The lowest BCUT2D eigenvalue weighted by Crippen LogP contribution is -2.44. The van der Waals surface area contributed by atoms with Crippen LogP contribution >= 0.6 is 38.9 Å². The highest BCUT2D eigenvalue weighted by atomic mass is 79.9. The number of nitrogens with zero attached hydrogens (tertiary/aromatic N) is 1. The van der Waals surface area contributed by atoms with E-state index < -0.39 is 11.7 Å². The van der Waals surface area contributed by atoms with Crippen LogP contribution in [0.5, 0.6) is 5.75 Å². The van der Waals surface area contributed by atoms with E-state index in [9.17, 15) is 4.79 Å². The number of thiazole rings is 1. The fourth-order valence-electron chi connectivity index (χ4n) is 2.36. The number of nitrogens with one attached hydrogen (secondary N) is 1. The van der Waals surface area contributed by atoms with Crippen molar-refractivity contribution in [1.82, 2.24) is 10.3 Å². The number of hydrogen-bond acceptors (Lipinski definition) is 4. The highest BCUT2D eigenvalue weighted by molar-refractivity contribution is 9.10. The minimum absolute atomic E-state index is 0.116. The number of ether oxygens (including phenoxy) is 1. The van der Waals surface area contributed by atoms with Gasteiger partial charge < -0.3 is 15.2 Å². The van der Waals surface area contributed by atoms with Gasteiger partial charge in [-0.2, -0.15) is 0 Å². The molecular weight excluding hydrogens is 380 g/mol. The van der Waals surface area contributed by atoms with E-state index in [1.807, 2.05) is 5.38 Å². The first-order valence-corrected chi connectivity index (χ1v) is 8.14. The van der Waals surface area contributed by atoms with Crippen molar-refractivity contribution < 1.29 is 14.6 Å². The number of rotatable bonds is 3. The summed E-state index contributed by atoms with van der Waals surface area (Å²) in [5.74, 6) is 0.687. The van der Waals surface area contributed by atoms with Crippen LogP contribution in [0, 0.1) is 0 Å². The van der Waals surface area contributed by atoms with Crippen LogP contribution in [0.2, 0.25) is 5.02 Å². The van der Waals surface area contributed by atoms with Gasteiger partial charge in [0, 0.05) is 21.8 Å². The smallest absolute Gasteiger partial charge is 0.404 e. The van der Waals surface area contributed by atoms with Gasteiger partial charge >= 0.3 is 6.09 Å². The molecule has 0 saturated heterocycles. The molecule has 0 fully saturated rings. The van der Waals surface area contributed by atoms with E-state index in [2.05, 4.69) is 26.2 Å². The maximum absolute atomic E-state index is 10.8.